The number of nitrogens with zero attached hydrogens (tertiary/aromatic N) is 3. The van der Waals surface area contributed by atoms with Crippen LogP contribution in [0.15, 0.2) is 48.7 Å². The molecule has 2 aromatic heterocycles. The number of aromatic amines is 1. The third-order valence-electron chi connectivity index (χ3n) is 9.66. The second-order valence-electron chi connectivity index (χ2n) is 12.9. The van der Waals surface area contributed by atoms with Gasteiger partial charge in [-0.3, -0.25) is 24.1 Å². The van der Waals surface area contributed by atoms with Gasteiger partial charge < -0.3 is 31.2 Å². The van der Waals surface area contributed by atoms with Gasteiger partial charge in [-0.2, -0.15) is 0 Å². The normalized spacial score (nSPS) is 24.0. The van der Waals surface area contributed by atoms with Crippen LogP contribution >= 0.6 is 0 Å². The Morgan fingerprint density at radius 1 is 0.830 bits per heavy atom. The Labute approximate surface area is 275 Å². The van der Waals surface area contributed by atoms with Crippen LogP contribution in [0.3, 0.4) is 0 Å². The van der Waals surface area contributed by atoms with Crippen molar-refractivity contribution in [2.24, 2.45) is 5.92 Å². The van der Waals surface area contributed by atoms with Crippen LogP contribution in [0.5, 0.6) is 0 Å². The van der Waals surface area contributed by atoms with E-state index in [1.165, 1.54) is 6.42 Å². The predicted octanol–water partition coefficient (Wildman–Crippen LogP) is 2.44. The Bertz CT molecular complexity index is 1570. The molecular weight excluding hydrogens is 596 g/mol. The number of rotatable bonds is 3. The van der Waals surface area contributed by atoms with Gasteiger partial charge in [-0.25, -0.2) is 4.98 Å². The number of hydrogen-bond acceptors (Lipinski definition) is 7. The summed E-state index contributed by atoms with van der Waals surface area (Å²) in [7, 11) is 0. The zero-order valence-corrected chi connectivity index (χ0v) is 26.9. The number of H-pyrrole nitrogens is 1. The van der Waals surface area contributed by atoms with Crippen LogP contribution in [-0.4, -0.2) is 101 Å². The molecule has 3 aliphatic rings. The summed E-state index contributed by atoms with van der Waals surface area (Å²) in [6.45, 7) is 3.64. The summed E-state index contributed by atoms with van der Waals surface area (Å²) in [5.74, 6) is -0.493. The van der Waals surface area contributed by atoms with Crippen molar-refractivity contribution in [1.29, 1.82) is 0 Å². The largest absolute Gasteiger partial charge is 0.368 e. The first-order valence-corrected chi connectivity index (χ1v) is 17.1. The number of carbonyl (C=O) groups excluding carboxylic acids is 4. The molecule has 2 bridgehead atoms. The molecule has 12 heteroatoms. The monoisotopic (exact) mass is 642 g/mol. The maximum absolute atomic E-state index is 14.0. The molecule has 2 fully saturated rings. The van der Waals surface area contributed by atoms with Crippen LogP contribution < -0.4 is 21.3 Å². The Morgan fingerprint density at radius 2 is 1.66 bits per heavy atom. The SMILES string of the molecule is O=C1CN(C(=O)[C@@H]2CCCN3CCCC[C@H]23)CCCCNC(=O)[C@H](Cc2c[nH]c3ccccc23)NC(=O)c2cccc(n2)NCCN1. The van der Waals surface area contributed by atoms with Crippen molar-refractivity contribution in [3.05, 3.63) is 59.9 Å². The summed E-state index contributed by atoms with van der Waals surface area (Å²) >= 11 is 0. The van der Waals surface area contributed by atoms with Gasteiger partial charge in [0.1, 0.15) is 17.6 Å². The van der Waals surface area contributed by atoms with E-state index >= 15 is 0 Å². The topological polar surface area (TPSA) is 152 Å². The Hall–Kier alpha value is -4.45. The van der Waals surface area contributed by atoms with Gasteiger partial charge in [0, 0.05) is 55.7 Å². The molecule has 47 heavy (non-hydrogen) atoms. The fraction of sp³-hybridized carbons (Fsp3) is 0.514. The lowest BCUT2D eigenvalue weighted by molar-refractivity contribution is -0.143. The molecule has 4 amide bonds. The standard InChI is InChI=1S/C35H46N8O4/c44-32-23-43(35(47)26-10-8-20-42-18-5-3-13-30(26)42)19-6-4-15-38-33(45)29(21-24-22-39-27-11-2-1-9-25(24)27)41-34(46)28-12-7-14-31(40-28)36-16-17-37-32/h1-2,7,9,11-12,14,22,26,29-30,39H,3-6,8,10,13,15-21,23H2,(H,36,40)(H,37,44)(H,38,45)(H,41,46)/t26-,29+,30-/m1/s1. The first kappa shape index (κ1) is 32.5. The van der Waals surface area contributed by atoms with Gasteiger partial charge >= 0.3 is 0 Å². The summed E-state index contributed by atoms with van der Waals surface area (Å²) in [6.07, 6.45) is 8.63. The van der Waals surface area contributed by atoms with Crippen LogP contribution in [0.4, 0.5) is 5.82 Å². The van der Waals surface area contributed by atoms with Crippen molar-refractivity contribution in [3.63, 3.8) is 0 Å². The van der Waals surface area contributed by atoms with Crippen LogP contribution in [0, 0.1) is 5.92 Å². The summed E-state index contributed by atoms with van der Waals surface area (Å²) < 4.78 is 0. The first-order chi connectivity index (χ1) is 23.0. The summed E-state index contributed by atoms with van der Waals surface area (Å²) in [6, 6.07) is 12.4. The number of para-hydroxylation sites is 1. The average Bonchev–Trinajstić information content (AvgIpc) is 3.51. The number of benzene rings is 1. The highest BCUT2D eigenvalue weighted by atomic mass is 16.2. The molecule has 0 aliphatic carbocycles. The molecule has 1 aromatic carbocycles. The highest BCUT2D eigenvalue weighted by Crippen LogP contribution is 2.32. The number of fused-ring (bicyclic) bond motifs is 4. The van der Waals surface area contributed by atoms with Crippen molar-refractivity contribution < 1.29 is 19.2 Å². The lowest BCUT2D eigenvalue weighted by atomic mass is 9.82. The fourth-order valence-electron chi connectivity index (χ4n) is 7.25. The van der Waals surface area contributed by atoms with Crippen molar-refractivity contribution in [2.45, 2.75) is 63.5 Å². The van der Waals surface area contributed by atoms with E-state index in [9.17, 15) is 19.2 Å². The van der Waals surface area contributed by atoms with E-state index in [1.807, 2.05) is 30.5 Å². The number of amides is 4. The highest BCUT2D eigenvalue weighted by Gasteiger charge is 2.39. The molecule has 0 saturated carbocycles. The maximum atomic E-state index is 14.0. The van der Waals surface area contributed by atoms with E-state index in [1.54, 1.807) is 23.1 Å². The van der Waals surface area contributed by atoms with Gasteiger partial charge in [-0.15, -0.1) is 0 Å². The second kappa shape index (κ2) is 15.4. The molecular formula is C35H46N8O4. The minimum absolute atomic E-state index is 0.00721. The van der Waals surface area contributed by atoms with Crippen molar-refractivity contribution in [1.82, 2.24) is 35.7 Å². The molecule has 0 spiro atoms. The second-order valence-corrected chi connectivity index (χ2v) is 12.9. The molecule has 0 unspecified atom stereocenters. The van der Waals surface area contributed by atoms with E-state index < -0.39 is 11.9 Å². The molecule has 250 valence electrons. The molecule has 12 nitrogen and oxygen atoms in total. The van der Waals surface area contributed by atoms with Gasteiger partial charge in [0.05, 0.1) is 12.5 Å². The minimum Gasteiger partial charge on any atom is -0.368 e. The van der Waals surface area contributed by atoms with E-state index in [4.69, 9.17) is 0 Å². The molecule has 5 heterocycles. The molecule has 2 saturated heterocycles. The van der Waals surface area contributed by atoms with E-state index in [2.05, 4.69) is 36.1 Å². The molecule has 3 aromatic rings. The van der Waals surface area contributed by atoms with E-state index in [-0.39, 0.29) is 41.9 Å². The number of pyridine rings is 1. The molecule has 0 radical (unpaired) electrons. The third kappa shape index (κ3) is 8.10. The lowest BCUT2D eigenvalue weighted by Gasteiger charge is -2.44. The van der Waals surface area contributed by atoms with Crippen LogP contribution in [0.25, 0.3) is 10.9 Å². The Balaban J connectivity index is 1.17. The number of aromatic nitrogens is 2. The molecule has 3 atom stereocenters. The summed E-state index contributed by atoms with van der Waals surface area (Å²) in [5.41, 5.74) is 2.07. The Morgan fingerprint density at radius 3 is 2.57 bits per heavy atom. The van der Waals surface area contributed by atoms with Crippen LogP contribution in [0.2, 0.25) is 0 Å². The van der Waals surface area contributed by atoms with Gasteiger partial charge in [0.15, 0.2) is 0 Å². The fourth-order valence-corrected chi connectivity index (χ4v) is 7.25. The molecule has 5 N–H and O–H groups in total. The lowest BCUT2D eigenvalue weighted by Crippen LogP contribution is -2.54. The van der Waals surface area contributed by atoms with Gasteiger partial charge in [0.25, 0.3) is 5.91 Å². The van der Waals surface area contributed by atoms with Crippen LogP contribution in [-0.2, 0) is 20.8 Å². The number of hydrogen-bond donors (Lipinski definition) is 5. The number of carbonyl (C=O) groups is 4. The predicted molar refractivity (Wildman–Crippen MR) is 180 cm³/mol. The number of anilines is 1. The minimum atomic E-state index is -0.827. The average molecular weight is 643 g/mol. The molecule has 3 aliphatic heterocycles. The van der Waals surface area contributed by atoms with Crippen molar-refractivity contribution in [2.75, 3.05) is 51.1 Å². The quantitative estimate of drug-likeness (QED) is 0.294. The molecule has 6 rings (SSSR count). The zero-order chi connectivity index (χ0) is 32.6. The third-order valence-corrected chi connectivity index (χ3v) is 9.66. The Kier molecular flexibility index (Phi) is 10.7. The number of piperidine rings is 2. The summed E-state index contributed by atoms with van der Waals surface area (Å²) in [5, 5.41) is 13.0. The summed E-state index contributed by atoms with van der Waals surface area (Å²) in [4.78, 5) is 65.8. The highest BCUT2D eigenvalue weighted by molar-refractivity contribution is 5.97. The van der Waals surface area contributed by atoms with E-state index in [0.717, 1.165) is 55.2 Å². The van der Waals surface area contributed by atoms with Gasteiger partial charge in [0.2, 0.25) is 17.7 Å². The smallest absolute Gasteiger partial charge is 0.270 e. The van der Waals surface area contributed by atoms with Crippen LogP contribution in [0.1, 0.15) is 61.0 Å². The maximum Gasteiger partial charge on any atom is 0.270 e. The van der Waals surface area contributed by atoms with Gasteiger partial charge in [-0.1, -0.05) is 30.7 Å². The van der Waals surface area contributed by atoms with Crippen molar-refractivity contribution >= 4 is 40.3 Å². The first-order valence-electron chi connectivity index (χ1n) is 17.1. The van der Waals surface area contributed by atoms with Crippen molar-refractivity contribution in [3.8, 4) is 0 Å². The zero-order valence-electron chi connectivity index (χ0n) is 26.9. The van der Waals surface area contributed by atoms with Gasteiger partial charge in [-0.05, 0) is 75.4 Å². The van der Waals surface area contributed by atoms with E-state index in [0.29, 0.717) is 51.3 Å². The number of nitrogens with one attached hydrogen (secondary N) is 5.